The van der Waals surface area contributed by atoms with Gasteiger partial charge in [-0.2, -0.15) is 0 Å². The number of halogens is 1. The number of carbonyl (C=O) groups excluding carboxylic acids is 2. The molecule has 1 aliphatic heterocycles. The van der Waals surface area contributed by atoms with Crippen LogP contribution in [0.5, 0.6) is 0 Å². The van der Waals surface area contributed by atoms with Crippen molar-refractivity contribution in [3.8, 4) is 0 Å². The van der Waals surface area contributed by atoms with Crippen molar-refractivity contribution >= 4 is 23.0 Å². The quantitative estimate of drug-likeness (QED) is 0.565. The molecule has 0 saturated carbocycles. The Hall–Kier alpha value is -3.35. The molecule has 2 aromatic carbocycles. The Morgan fingerprint density at radius 1 is 1.03 bits per heavy atom. The number of nitrogens with zero attached hydrogens (tertiary/aromatic N) is 2. The highest BCUT2D eigenvalue weighted by Gasteiger charge is 2.28. The van der Waals surface area contributed by atoms with Gasteiger partial charge in [0.05, 0.1) is 25.3 Å². The molecule has 0 bridgehead atoms. The molecule has 3 aromatic rings. The van der Waals surface area contributed by atoms with Gasteiger partial charge in [-0.05, 0) is 49.7 Å². The second-order valence-corrected chi connectivity index (χ2v) is 7.46. The second kappa shape index (κ2) is 8.79. The summed E-state index contributed by atoms with van der Waals surface area (Å²) in [5.41, 5.74) is 4.53. The Morgan fingerprint density at radius 3 is 2.48 bits per heavy atom. The molecule has 1 aliphatic rings. The average Bonchev–Trinajstić information content (AvgIpc) is 3.08. The molecule has 0 spiro atoms. The first-order valence-electron chi connectivity index (χ1n) is 10.5. The van der Waals surface area contributed by atoms with Gasteiger partial charge >= 0.3 is 12.1 Å². The van der Waals surface area contributed by atoms with E-state index in [0.29, 0.717) is 44.8 Å². The smallest absolute Gasteiger partial charge is 0.410 e. The highest BCUT2D eigenvalue weighted by molar-refractivity contribution is 5.96. The van der Waals surface area contributed by atoms with E-state index in [0.717, 1.165) is 27.7 Å². The first-order valence-corrected chi connectivity index (χ1v) is 10.5. The molecule has 7 heteroatoms. The molecule has 0 radical (unpaired) electrons. The summed E-state index contributed by atoms with van der Waals surface area (Å²) in [4.78, 5) is 26.3. The van der Waals surface area contributed by atoms with Crippen LogP contribution in [0.3, 0.4) is 0 Å². The Morgan fingerprint density at radius 2 is 1.77 bits per heavy atom. The second-order valence-electron chi connectivity index (χ2n) is 7.46. The number of fused-ring (bicyclic) bond motifs is 3. The standard InChI is InChI=1S/C24H25FN2O4/c1-3-30-23(28)17-7-10-21-19(13-17)20-15-26(24(29)31-4-2)12-11-22(20)27(21)14-16-5-8-18(25)9-6-16/h5-10,13H,3-4,11-12,14-15H2,1-2H3. The monoisotopic (exact) mass is 424 g/mol. The molecular weight excluding hydrogens is 399 g/mol. The van der Waals surface area contributed by atoms with Gasteiger partial charge in [0.1, 0.15) is 5.82 Å². The number of hydrogen-bond acceptors (Lipinski definition) is 4. The number of hydrogen-bond donors (Lipinski definition) is 0. The molecule has 162 valence electrons. The molecule has 0 atom stereocenters. The summed E-state index contributed by atoms with van der Waals surface area (Å²) in [5.74, 6) is -0.644. The van der Waals surface area contributed by atoms with Crippen molar-refractivity contribution in [2.45, 2.75) is 33.4 Å². The predicted molar refractivity (Wildman–Crippen MR) is 115 cm³/mol. The number of ether oxygens (including phenoxy) is 2. The SMILES string of the molecule is CCOC(=O)c1ccc2c(c1)c1c(n2Cc2ccc(F)cc2)CCN(C(=O)OCC)C1. The summed E-state index contributed by atoms with van der Waals surface area (Å²) >= 11 is 0. The van der Waals surface area contributed by atoms with Gasteiger partial charge in [-0.25, -0.2) is 14.0 Å². The van der Waals surface area contributed by atoms with Crippen LogP contribution in [0.4, 0.5) is 9.18 Å². The molecule has 0 fully saturated rings. The molecular formula is C24H25FN2O4. The van der Waals surface area contributed by atoms with Gasteiger partial charge in [0.25, 0.3) is 0 Å². The van der Waals surface area contributed by atoms with Crippen LogP contribution in [0.15, 0.2) is 42.5 Å². The van der Waals surface area contributed by atoms with Crippen LogP contribution in [0, 0.1) is 5.82 Å². The van der Waals surface area contributed by atoms with E-state index < -0.39 is 0 Å². The van der Waals surface area contributed by atoms with Gasteiger partial charge in [-0.1, -0.05) is 12.1 Å². The molecule has 1 aromatic heterocycles. The molecule has 4 rings (SSSR count). The maximum Gasteiger partial charge on any atom is 0.410 e. The Kier molecular flexibility index (Phi) is 5.93. The van der Waals surface area contributed by atoms with E-state index in [9.17, 15) is 14.0 Å². The normalized spacial score (nSPS) is 13.2. The predicted octanol–water partition coefficient (Wildman–Crippen LogP) is 4.52. The lowest BCUT2D eigenvalue weighted by Gasteiger charge is -2.27. The Labute approximate surface area is 180 Å². The molecule has 6 nitrogen and oxygen atoms in total. The van der Waals surface area contributed by atoms with Crippen molar-refractivity contribution in [1.29, 1.82) is 0 Å². The van der Waals surface area contributed by atoms with E-state index in [4.69, 9.17) is 9.47 Å². The zero-order valence-corrected chi connectivity index (χ0v) is 17.7. The van der Waals surface area contributed by atoms with Gasteiger partial charge in [0.15, 0.2) is 0 Å². The summed E-state index contributed by atoms with van der Waals surface area (Å²) in [6.45, 7) is 5.72. The summed E-state index contributed by atoms with van der Waals surface area (Å²) in [6, 6.07) is 12.0. The highest BCUT2D eigenvalue weighted by Crippen LogP contribution is 2.33. The number of esters is 1. The third-order valence-electron chi connectivity index (χ3n) is 5.55. The zero-order chi connectivity index (χ0) is 22.0. The van der Waals surface area contributed by atoms with Crippen molar-refractivity contribution in [2.24, 2.45) is 0 Å². The number of rotatable bonds is 5. The lowest BCUT2D eigenvalue weighted by atomic mass is 10.0. The van der Waals surface area contributed by atoms with Crippen LogP contribution in [0.1, 0.15) is 41.0 Å². The minimum atomic E-state index is -0.373. The summed E-state index contributed by atoms with van der Waals surface area (Å²) < 4.78 is 25.9. The van der Waals surface area contributed by atoms with E-state index in [1.54, 1.807) is 36.9 Å². The fraction of sp³-hybridized carbons (Fsp3) is 0.333. The molecule has 31 heavy (non-hydrogen) atoms. The lowest BCUT2D eigenvalue weighted by molar-refractivity contribution is 0.0526. The molecule has 0 saturated heterocycles. The van der Waals surface area contributed by atoms with E-state index >= 15 is 0 Å². The molecule has 2 heterocycles. The lowest BCUT2D eigenvalue weighted by Crippen LogP contribution is -2.36. The zero-order valence-electron chi connectivity index (χ0n) is 17.7. The maximum atomic E-state index is 13.4. The van der Waals surface area contributed by atoms with Crippen molar-refractivity contribution < 1.29 is 23.5 Å². The van der Waals surface area contributed by atoms with Crippen LogP contribution >= 0.6 is 0 Å². The fourth-order valence-electron chi connectivity index (χ4n) is 4.11. The first-order chi connectivity index (χ1) is 15.0. The largest absolute Gasteiger partial charge is 0.462 e. The summed E-state index contributed by atoms with van der Waals surface area (Å²) in [5, 5.41) is 0.914. The molecule has 0 unspecified atom stereocenters. The average molecular weight is 424 g/mol. The Balaban J connectivity index is 1.79. The third kappa shape index (κ3) is 4.13. The number of aromatic nitrogens is 1. The summed E-state index contributed by atoms with van der Waals surface area (Å²) in [7, 11) is 0. The van der Waals surface area contributed by atoms with Crippen molar-refractivity contribution in [1.82, 2.24) is 9.47 Å². The van der Waals surface area contributed by atoms with Crippen LogP contribution in [0.25, 0.3) is 10.9 Å². The third-order valence-corrected chi connectivity index (χ3v) is 5.55. The van der Waals surface area contributed by atoms with E-state index in [1.165, 1.54) is 12.1 Å². The van der Waals surface area contributed by atoms with E-state index in [2.05, 4.69) is 4.57 Å². The van der Waals surface area contributed by atoms with Gasteiger partial charge < -0.3 is 18.9 Å². The fourth-order valence-corrected chi connectivity index (χ4v) is 4.11. The van der Waals surface area contributed by atoms with Crippen LogP contribution in [-0.2, 0) is 29.0 Å². The van der Waals surface area contributed by atoms with Crippen LogP contribution in [-0.4, -0.2) is 41.3 Å². The van der Waals surface area contributed by atoms with E-state index in [1.807, 2.05) is 12.1 Å². The highest BCUT2D eigenvalue weighted by atomic mass is 19.1. The minimum Gasteiger partial charge on any atom is -0.462 e. The van der Waals surface area contributed by atoms with Gasteiger partial charge in [-0.3, -0.25) is 0 Å². The molecule has 1 amide bonds. The van der Waals surface area contributed by atoms with Crippen molar-refractivity contribution in [3.63, 3.8) is 0 Å². The first kappa shape index (κ1) is 20.9. The molecule has 0 aliphatic carbocycles. The van der Waals surface area contributed by atoms with Gasteiger partial charge in [0, 0.05) is 41.7 Å². The van der Waals surface area contributed by atoms with Crippen molar-refractivity contribution in [2.75, 3.05) is 19.8 Å². The van der Waals surface area contributed by atoms with Crippen LogP contribution < -0.4 is 0 Å². The maximum absolute atomic E-state index is 13.4. The van der Waals surface area contributed by atoms with Crippen LogP contribution in [0.2, 0.25) is 0 Å². The van der Waals surface area contributed by atoms with Crippen molar-refractivity contribution in [3.05, 3.63) is 70.7 Å². The number of carbonyl (C=O) groups is 2. The minimum absolute atomic E-state index is 0.271. The van der Waals surface area contributed by atoms with E-state index in [-0.39, 0.29) is 17.9 Å². The molecule has 0 N–H and O–H groups in total. The number of benzene rings is 2. The Bertz CT molecular complexity index is 1120. The number of amides is 1. The summed E-state index contributed by atoms with van der Waals surface area (Å²) in [6.07, 6.45) is 0.327. The topological polar surface area (TPSA) is 60.8 Å². The van der Waals surface area contributed by atoms with Gasteiger partial charge in [0.2, 0.25) is 0 Å². The van der Waals surface area contributed by atoms with Gasteiger partial charge in [-0.15, -0.1) is 0 Å².